The summed E-state index contributed by atoms with van der Waals surface area (Å²) < 4.78 is 0. The number of hydrogen-bond acceptors (Lipinski definition) is 2. The molecule has 0 aromatic carbocycles. The van der Waals surface area contributed by atoms with Crippen LogP contribution in [0.3, 0.4) is 0 Å². The van der Waals surface area contributed by atoms with E-state index in [1.54, 1.807) is 0 Å². The number of guanidine groups is 1. The molecule has 2 aliphatic rings. The molecule has 0 unspecified atom stereocenters. The monoisotopic (exact) mass is 406 g/mol. The fraction of sp³-hybridized carbons (Fsp3) is 0.812. The first-order chi connectivity index (χ1) is 9.67. The third-order valence-corrected chi connectivity index (χ3v) is 4.18. The number of nitrogens with zero attached hydrogens (tertiary/aromatic N) is 2. The van der Waals surface area contributed by atoms with E-state index in [4.69, 9.17) is 0 Å². The molecule has 21 heavy (non-hydrogen) atoms. The van der Waals surface area contributed by atoms with Gasteiger partial charge in [0, 0.05) is 38.3 Å². The van der Waals surface area contributed by atoms with Crippen LogP contribution in [0.5, 0.6) is 0 Å². The second kappa shape index (κ2) is 9.66. The normalized spacial score (nSPS) is 21.3. The Kier molecular flexibility index (Phi) is 8.63. The van der Waals surface area contributed by atoms with Gasteiger partial charge in [-0.3, -0.25) is 9.89 Å². The van der Waals surface area contributed by atoms with E-state index in [9.17, 15) is 0 Å². The Hall–Kier alpha value is -0.300. The molecular weight excluding hydrogens is 375 g/mol. The molecule has 0 aromatic rings. The van der Waals surface area contributed by atoms with E-state index < -0.39 is 0 Å². The molecule has 0 spiro atoms. The highest BCUT2D eigenvalue weighted by Crippen LogP contribution is 2.18. The second-order valence-electron chi connectivity index (χ2n) is 6.25. The van der Waals surface area contributed by atoms with Gasteiger partial charge in [-0.2, -0.15) is 0 Å². The molecule has 0 radical (unpaired) electrons. The van der Waals surface area contributed by atoms with E-state index in [-0.39, 0.29) is 24.0 Å². The van der Waals surface area contributed by atoms with Gasteiger partial charge in [-0.05, 0) is 46.0 Å². The van der Waals surface area contributed by atoms with Gasteiger partial charge >= 0.3 is 0 Å². The van der Waals surface area contributed by atoms with Gasteiger partial charge in [0.15, 0.2) is 5.96 Å². The summed E-state index contributed by atoms with van der Waals surface area (Å²) in [6.45, 7) is 12.4. The molecule has 0 amide bonds. The first-order valence-electron chi connectivity index (χ1n) is 8.11. The molecule has 0 aromatic heterocycles. The topological polar surface area (TPSA) is 39.7 Å². The minimum atomic E-state index is 0. The van der Waals surface area contributed by atoms with E-state index in [2.05, 4.69) is 41.0 Å². The zero-order valence-corrected chi connectivity index (χ0v) is 15.9. The summed E-state index contributed by atoms with van der Waals surface area (Å²) in [6, 6.07) is 1.21. The van der Waals surface area contributed by atoms with Gasteiger partial charge in [0.2, 0.25) is 0 Å². The predicted molar refractivity (Wildman–Crippen MR) is 102 cm³/mol. The zero-order chi connectivity index (χ0) is 14.4. The molecule has 0 atom stereocenters. The minimum Gasteiger partial charge on any atom is -0.354 e. The molecular formula is C16H31IN4. The molecule has 4 nitrogen and oxygen atoms in total. The van der Waals surface area contributed by atoms with Gasteiger partial charge in [-0.15, -0.1) is 24.0 Å². The molecule has 1 heterocycles. The summed E-state index contributed by atoms with van der Waals surface area (Å²) in [5.74, 6) is 1.02. The van der Waals surface area contributed by atoms with Gasteiger partial charge in [0.25, 0.3) is 0 Å². The highest BCUT2D eigenvalue weighted by atomic mass is 127. The highest BCUT2D eigenvalue weighted by molar-refractivity contribution is 14.0. The van der Waals surface area contributed by atoms with Crippen molar-refractivity contribution in [2.24, 2.45) is 4.99 Å². The number of hydrogen-bond donors (Lipinski definition) is 2. The molecule has 2 rings (SSSR count). The maximum Gasteiger partial charge on any atom is 0.191 e. The van der Waals surface area contributed by atoms with E-state index >= 15 is 0 Å². The van der Waals surface area contributed by atoms with Gasteiger partial charge in [-0.1, -0.05) is 12.2 Å². The average Bonchev–Trinajstić information content (AvgIpc) is 2.35. The van der Waals surface area contributed by atoms with Crippen LogP contribution >= 0.6 is 24.0 Å². The Bertz CT molecular complexity index is 344. The van der Waals surface area contributed by atoms with Gasteiger partial charge in [-0.25, -0.2) is 0 Å². The molecule has 122 valence electrons. The lowest BCUT2D eigenvalue weighted by Gasteiger charge is -2.35. The maximum atomic E-state index is 4.57. The smallest absolute Gasteiger partial charge is 0.191 e. The van der Waals surface area contributed by atoms with Crippen LogP contribution in [0.4, 0.5) is 0 Å². The van der Waals surface area contributed by atoms with Gasteiger partial charge in [0.05, 0.1) is 0 Å². The minimum absolute atomic E-state index is 0. The van der Waals surface area contributed by atoms with Gasteiger partial charge < -0.3 is 10.6 Å². The van der Waals surface area contributed by atoms with Crippen molar-refractivity contribution in [1.29, 1.82) is 0 Å². The summed E-state index contributed by atoms with van der Waals surface area (Å²) >= 11 is 0. The van der Waals surface area contributed by atoms with Crippen LogP contribution in [0, 0.1) is 0 Å². The van der Waals surface area contributed by atoms with E-state index in [1.165, 1.54) is 37.7 Å². The Morgan fingerprint density at radius 3 is 2.14 bits per heavy atom. The summed E-state index contributed by atoms with van der Waals surface area (Å²) in [5, 5.41) is 7.18. The quantitative estimate of drug-likeness (QED) is 0.319. The number of halogens is 1. The van der Waals surface area contributed by atoms with Crippen molar-refractivity contribution < 1.29 is 0 Å². The number of likely N-dealkylation sites (tertiary alicyclic amines) is 1. The fourth-order valence-corrected chi connectivity index (χ4v) is 2.85. The Morgan fingerprint density at radius 1 is 1.14 bits per heavy atom. The van der Waals surface area contributed by atoms with Crippen molar-refractivity contribution in [3.8, 4) is 0 Å². The number of nitrogens with one attached hydrogen (secondary N) is 2. The first kappa shape index (κ1) is 18.7. The van der Waals surface area contributed by atoms with E-state index in [0.717, 1.165) is 32.1 Å². The van der Waals surface area contributed by atoms with Crippen LogP contribution in [0.25, 0.3) is 0 Å². The molecule has 2 fully saturated rings. The Morgan fingerprint density at radius 2 is 1.71 bits per heavy atom. The lowest BCUT2D eigenvalue weighted by Crippen LogP contribution is -2.52. The van der Waals surface area contributed by atoms with Crippen molar-refractivity contribution in [3.63, 3.8) is 0 Å². The summed E-state index contributed by atoms with van der Waals surface area (Å²) in [6.07, 6.45) is 6.34. The van der Waals surface area contributed by atoms with Gasteiger partial charge in [0.1, 0.15) is 0 Å². The average molecular weight is 406 g/mol. The standard InChI is InChI=1S/C16H30N4.HI/c1-4-17-16(18-14-6-5-7-14)19-15-8-10-20(11-9-15)12-13(2)3;/h14-15H,2,4-12H2,1,3H3,(H2,17,18,19);1H. The second-order valence-corrected chi connectivity index (χ2v) is 6.25. The number of piperidine rings is 1. The van der Waals surface area contributed by atoms with Crippen LogP contribution in [-0.4, -0.2) is 49.1 Å². The van der Waals surface area contributed by atoms with Crippen LogP contribution in [0.1, 0.15) is 46.0 Å². The lowest BCUT2D eigenvalue weighted by molar-refractivity contribution is 0.220. The Labute approximate surface area is 146 Å². The van der Waals surface area contributed by atoms with Crippen LogP contribution in [0.15, 0.2) is 17.1 Å². The summed E-state index contributed by atoms with van der Waals surface area (Å²) in [5.41, 5.74) is 1.26. The fourth-order valence-electron chi connectivity index (χ4n) is 2.85. The third-order valence-electron chi connectivity index (χ3n) is 4.18. The van der Waals surface area contributed by atoms with Crippen LogP contribution in [0.2, 0.25) is 0 Å². The third kappa shape index (κ3) is 6.55. The first-order valence-corrected chi connectivity index (χ1v) is 8.11. The Balaban J connectivity index is 0.00000220. The van der Waals surface area contributed by atoms with Crippen molar-refractivity contribution >= 4 is 29.9 Å². The van der Waals surface area contributed by atoms with Crippen LogP contribution in [-0.2, 0) is 0 Å². The van der Waals surface area contributed by atoms with E-state index in [0.29, 0.717) is 12.1 Å². The van der Waals surface area contributed by atoms with Crippen molar-refractivity contribution in [1.82, 2.24) is 15.5 Å². The van der Waals surface area contributed by atoms with Crippen LogP contribution < -0.4 is 10.6 Å². The number of rotatable bonds is 5. The molecule has 1 aliphatic carbocycles. The maximum absolute atomic E-state index is 4.57. The molecule has 0 bridgehead atoms. The predicted octanol–water partition coefficient (Wildman–Crippen LogP) is 2.75. The van der Waals surface area contributed by atoms with E-state index in [1.807, 2.05) is 0 Å². The van der Waals surface area contributed by atoms with Crippen molar-refractivity contribution in [2.45, 2.75) is 58.0 Å². The molecule has 1 saturated carbocycles. The molecule has 1 saturated heterocycles. The molecule has 1 aliphatic heterocycles. The summed E-state index contributed by atoms with van der Waals surface area (Å²) in [7, 11) is 0. The lowest BCUT2D eigenvalue weighted by atomic mass is 9.93. The zero-order valence-electron chi connectivity index (χ0n) is 13.5. The van der Waals surface area contributed by atoms with Crippen molar-refractivity contribution in [2.75, 3.05) is 26.2 Å². The largest absolute Gasteiger partial charge is 0.354 e. The molecule has 5 heteroatoms. The summed E-state index contributed by atoms with van der Waals surface area (Å²) in [4.78, 5) is 7.07. The van der Waals surface area contributed by atoms with Crippen molar-refractivity contribution in [3.05, 3.63) is 12.2 Å². The number of aliphatic imine (C=N–C) groups is 1. The highest BCUT2D eigenvalue weighted by Gasteiger charge is 2.22. The molecule has 2 N–H and O–H groups in total. The SMILES string of the molecule is C=C(C)CN1CCC(NC(=NCC)NC2CCC2)CC1.I.